The number of sulfone groups is 1. The van der Waals surface area contributed by atoms with Crippen molar-refractivity contribution < 1.29 is 18.0 Å². The number of halogens is 1. The summed E-state index contributed by atoms with van der Waals surface area (Å²) in [4.78, 5) is 22.5. The van der Waals surface area contributed by atoms with E-state index < -0.39 is 21.5 Å². The van der Waals surface area contributed by atoms with Crippen LogP contribution >= 0.6 is 12.4 Å². The summed E-state index contributed by atoms with van der Waals surface area (Å²) in [5.41, 5.74) is 5.25. The predicted molar refractivity (Wildman–Crippen MR) is 90.4 cm³/mol. The van der Waals surface area contributed by atoms with Gasteiger partial charge in [0.05, 0.1) is 4.90 Å². The lowest BCUT2D eigenvalue weighted by atomic mass is 10.2. The zero-order valence-corrected chi connectivity index (χ0v) is 14.5. The highest BCUT2D eigenvalue weighted by molar-refractivity contribution is 7.92. The molecule has 0 atom stereocenters. The molecule has 0 saturated heterocycles. The van der Waals surface area contributed by atoms with Crippen molar-refractivity contribution in [3.05, 3.63) is 29.8 Å². The number of primary amides is 1. The highest BCUT2D eigenvalue weighted by Gasteiger charge is 2.17. The van der Waals surface area contributed by atoms with Crippen molar-refractivity contribution in [3.63, 3.8) is 0 Å². The molecule has 0 bridgehead atoms. The third kappa shape index (κ3) is 7.45. The Morgan fingerprint density at radius 2 is 1.70 bits per heavy atom. The van der Waals surface area contributed by atoms with Gasteiger partial charge in [-0.05, 0) is 37.2 Å². The van der Waals surface area contributed by atoms with Crippen LogP contribution in [0.4, 0.5) is 0 Å². The maximum absolute atomic E-state index is 11.9. The van der Waals surface area contributed by atoms with Crippen LogP contribution < -0.4 is 16.4 Å². The average molecular weight is 364 g/mol. The van der Waals surface area contributed by atoms with Gasteiger partial charge in [-0.3, -0.25) is 9.59 Å². The van der Waals surface area contributed by atoms with Gasteiger partial charge in [0.25, 0.3) is 5.91 Å². The summed E-state index contributed by atoms with van der Waals surface area (Å²) >= 11 is 0. The number of hydrogen-bond acceptors (Lipinski definition) is 5. The third-order valence-electron chi connectivity index (χ3n) is 2.82. The molecule has 0 spiro atoms. The predicted octanol–water partition coefficient (Wildman–Crippen LogP) is 0.0968. The molecule has 23 heavy (non-hydrogen) atoms. The number of hydrogen-bond donors (Lipinski definition) is 3. The van der Waals surface area contributed by atoms with E-state index in [1.54, 1.807) is 0 Å². The monoisotopic (exact) mass is 363 g/mol. The molecule has 1 aromatic carbocycles. The van der Waals surface area contributed by atoms with Crippen LogP contribution in [0.25, 0.3) is 0 Å². The Labute approximate surface area is 142 Å². The summed E-state index contributed by atoms with van der Waals surface area (Å²) in [6.45, 7) is 4.10. The summed E-state index contributed by atoms with van der Waals surface area (Å²) in [5, 5.41) is 5.87. The third-order valence-corrected chi connectivity index (χ3v) is 4.48. The molecule has 0 radical (unpaired) electrons. The highest BCUT2D eigenvalue weighted by Crippen LogP contribution is 2.12. The van der Waals surface area contributed by atoms with Crippen LogP contribution in [0.5, 0.6) is 0 Å². The Morgan fingerprint density at radius 1 is 1.09 bits per heavy atom. The molecule has 0 aliphatic heterocycles. The van der Waals surface area contributed by atoms with E-state index in [0.717, 1.165) is 13.0 Å². The second-order valence-electron chi connectivity index (χ2n) is 4.76. The fraction of sp³-hybridized carbons (Fsp3) is 0.429. The first-order valence-electron chi connectivity index (χ1n) is 6.97. The summed E-state index contributed by atoms with van der Waals surface area (Å²) in [6.07, 6.45) is 1.02. The van der Waals surface area contributed by atoms with Gasteiger partial charge >= 0.3 is 0 Å². The number of benzene rings is 1. The molecule has 2 amide bonds. The van der Waals surface area contributed by atoms with Gasteiger partial charge in [0, 0.05) is 18.7 Å². The van der Waals surface area contributed by atoms with E-state index in [0.29, 0.717) is 18.7 Å². The number of carbonyl (C=O) groups is 2. The quantitative estimate of drug-likeness (QED) is 0.537. The van der Waals surface area contributed by atoms with Crippen LogP contribution in [0.1, 0.15) is 23.7 Å². The van der Waals surface area contributed by atoms with Crippen LogP contribution in [0.3, 0.4) is 0 Å². The topological polar surface area (TPSA) is 118 Å². The molecule has 0 aliphatic rings. The minimum absolute atomic E-state index is 0. The van der Waals surface area contributed by atoms with E-state index in [-0.39, 0.29) is 23.2 Å². The average Bonchev–Trinajstić information content (AvgIpc) is 2.45. The van der Waals surface area contributed by atoms with Crippen molar-refractivity contribution in [2.24, 2.45) is 5.73 Å². The molecule has 1 aromatic rings. The van der Waals surface area contributed by atoms with Crippen LogP contribution in [0.15, 0.2) is 29.2 Å². The minimum Gasteiger partial charge on any atom is -0.369 e. The molecule has 0 heterocycles. The first kappa shape index (κ1) is 21.4. The van der Waals surface area contributed by atoms with Gasteiger partial charge in [-0.25, -0.2) is 8.42 Å². The fourth-order valence-electron chi connectivity index (χ4n) is 1.75. The van der Waals surface area contributed by atoms with Crippen molar-refractivity contribution in [3.8, 4) is 0 Å². The Balaban J connectivity index is 0.00000484. The molecule has 0 aromatic heterocycles. The first-order chi connectivity index (χ1) is 10.4. The van der Waals surface area contributed by atoms with E-state index in [9.17, 15) is 18.0 Å². The van der Waals surface area contributed by atoms with Gasteiger partial charge in [-0.2, -0.15) is 0 Å². The Bertz CT molecular complexity index is 617. The van der Waals surface area contributed by atoms with Gasteiger partial charge in [0.1, 0.15) is 5.75 Å². The Kier molecular flexibility index (Phi) is 9.47. The van der Waals surface area contributed by atoms with Crippen LogP contribution in [0, 0.1) is 0 Å². The Morgan fingerprint density at radius 3 is 2.22 bits per heavy atom. The zero-order chi connectivity index (χ0) is 16.6. The fourth-order valence-corrected chi connectivity index (χ4v) is 2.84. The maximum atomic E-state index is 11.9. The molecular weight excluding hydrogens is 342 g/mol. The summed E-state index contributed by atoms with van der Waals surface area (Å²) in [6, 6.07) is 5.40. The van der Waals surface area contributed by atoms with E-state index >= 15 is 0 Å². The van der Waals surface area contributed by atoms with Crippen molar-refractivity contribution in [2.45, 2.75) is 18.2 Å². The van der Waals surface area contributed by atoms with E-state index in [1.165, 1.54) is 24.3 Å². The Hall–Kier alpha value is -1.64. The maximum Gasteiger partial charge on any atom is 0.251 e. The SMILES string of the molecule is CCCNCCNC(=O)c1ccc(S(=O)(=O)CC(N)=O)cc1.Cl. The van der Waals surface area contributed by atoms with Crippen LogP contribution in [-0.2, 0) is 14.6 Å². The molecule has 0 fully saturated rings. The lowest BCUT2D eigenvalue weighted by Crippen LogP contribution is -2.32. The number of amides is 2. The van der Waals surface area contributed by atoms with Gasteiger partial charge in [0.2, 0.25) is 5.91 Å². The van der Waals surface area contributed by atoms with Crippen molar-refractivity contribution in [1.82, 2.24) is 10.6 Å². The smallest absolute Gasteiger partial charge is 0.251 e. The molecule has 0 aliphatic carbocycles. The van der Waals surface area contributed by atoms with Crippen molar-refractivity contribution in [2.75, 3.05) is 25.4 Å². The molecule has 0 unspecified atom stereocenters. The first-order valence-corrected chi connectivity index (χ1v) is 8.62. The molecular formula is C14H22ClN3O4S. The largest absolute Gasteiger partial charge is 0.369 e. The second kappa shape index (κ2) is 10.2. The van der Waals surface area contributed by atoms with Gasteiger partial charge < -0.3 is 16.4 Å². The van der Waals surface area contributed by atoms with E-state index in [4.69, 9.17) is 5.73 Å². The van der Waals surface area contributed by atoms with Crippen molar-refractivity contribution in [1.29, 1.82) is 0 Å². The number of carbonyl (C=O) groups excluding carboxylic acids is 2. The molecule has 9 heteroatoms. The van der Waals surface area contributed by atoms with Crippen LogP contribution in [0.2, 0.25) is 0 Å². The molecule has 4 N–H and O–H groups in total. The summed E-state index contributed by atoms with van der Waals surface area (Å²) in [5.74, 6) is -1.94. The zero-order valence-electron chi connectivity index (χ0n) is 12.9. The van der Waals surface area contributed by atoms with E-state index in [1.807, 2.05) is 0 Å². The summed E-state index contributed by atoms with van der Waals surface area (Å²) < 4.78 is 23.6. The van der Waals surface area contributed by atoms with E-state index in [2.05, 4.69) is 17.6 Å². The summed E-state index contributed by atoms with van der Waals surface area (Å²) in [7, 11) is -3.75. The molecule has 1 rings (SSSR count). The van der Waals surface area contributed by atoms with Crippen molar-refractivity contribution >= 4 is 34.1 Å². The lowest BCUT2D eigenvalue weighted by molar-refractivity contribution is -0.115. The normalized spacial score (nSPS) is 10.7. The number of nitrogens with one attached hydrogen (secondary N) is 2. The minimum atomic E-state index is -3.75. The number of rotatable bonds is 9. The second-order valence-corrected chi connectivity index (χ2v) is 6.75. The van der Waals surface area contributed by atoms with Gasteiger partial charge in [0.15, 0.2) is 9.84 Å². The van der Waals surface area contributed by atoms with Crippen LogP contribution in [-0.4, -0.2) is 45.6 Å². The molecule has 0 saturated carbocycles. The number of nitrogens with two attached hydrogens (primary N) is 1. The highest BCUT2D eigenvalue weighted by atomic mass is 35.5. The molecule has 7 nitrogen and oxygen atoms in total. The molecule has 130 valence electrons. The van der Waals surface area contributed by atoms with Gasteiger partial charge in [-0.15, -0.1) is 12.4 Å². The standard InChI is InChI=1S/C14H21N3O4S.ClH/c1-2-7-16-8-9-17-14(19)11-3-5-12(6-4-11)22(20,21)10-13(15)18;/h3-6,16H,2,7-10H2,1H3,(H2,15,18)(H,17,19);1H. The lowest BCUT2D eigenvalue weighted by Gasteiger charge is -2.07. The van der Waals surface area contributed by atoms with Gasteiger partial charge in [-0.1, -0.05) is 6.92 Å².